The number of nitrogens with two attached hydrogens (primary N) is 1. The van der Waals surface area contributed by atoms with Crippen LogP contribution in [-0.2, 0) is 19.7 Å². The van der Waals surface area contributed by atoms with Gasteiger partial charge < -0.3 is 10.5 Å². The lowest BCUT2D eigenvalue weighted by molar-refractivity contribution is -0.132. The zero-order valence-corrected chi connectivity index (χ0v) is 11.2. The van der Waals surface area contributed by atoms with Gasteiger partial charge in [-0.15, -0.1) is 0 Å². The molecule has 0 spiro atoms. The van der Waals surface area contributed by atoms with E-state index in [0.29, 0.717) is 19.0 Å². The summed E-state index contributed by atoms with van der Waals surface area (Å²) in [4.78, 5) is 11.1. The maximum absolute atomic E-state index is 12.3. The smallest absolute Gasteiger partial charge is 0.282 e. The van der Waals surface area contributed by atoms with E-state index in [9.17, 15) is 13.2 Å². The topological polar surface area (TPSA) is 92.9 Å². The van der Waals surface area contributed by atoms with Crippen LogP contribution in [0.25, 0.3) is 0 Å². The fourth-order valence-electron chi connectivity index (χ4n) is 2.27. The van der Waals surface area contributed by atoms with E-state index in [4.69, 9.17) is 10.5 Å². The number of nitrogens with zero attached hydrogens (tertiary/aromatic N) is 2. The van der Waals surface area contributed by atoms with Crippen LogP contribution in [0.15, 0.2) is 0 Å². The molecule has 7 nitrogen and oxygen atoms in total. The molecule has 2 atom stereocenters. The monoisotopic (exact) mass is 277 g/mol. The molecule has 0 saturated carbocycles. The van der Waals surface area contributed by atoms with Crippen molar-refractivity contribution in [1.29, 1.82) is 0 Å². The molecule has 8 heteroatoms. The van der Waals surface area contributed by atoms with Gasteiger partial charge in [-0.05, 0) is 12.3 Å². The molecule has 2 aliphatic rings. The molecule has 0 radical (unpaired) electrons. The summed E-state index contributed by atoms with van der Waals surface area (Å²) < 4.78 is 32.6. The van der Waals surface area contributed by atoms with E-state index in [1.54, 1.807) is 0 Å². The van der Waals surface area contributed by atoms with Crippen molar-refractivity contribution in [2.75, 3.05) is 32.8 Å². The number of hydrogen-bond donors (Lipinski definition) is 1. The number of carbonyl (C=O) groups is 1. The van der Waals surface area contributed by atoms with Gasteiger partial charge in [0.25, 0.3) is 10.2 Å². The second-order valence-corrected chi connectivity index (χ2v) is 6.81. The Morgan fingerprint density at radius 2 is 1.94 bits per heavy atom. The summed E-state index contributed by atoms with van der Waals surface area (Å²) in [6.45, 7) is 3.61. The number of hydrogen-bond acceptors (Lipinski definition) is 4. The van der Waals surface area contributed by atoms with Gasteiger partial charge in [-0.1, -0.05) is 6.92 Å². The molecule has 18 heavy (non-hydrogen) atoms. The molecule has 104 valence electrons. The van der Waals surface area contributed by atoms with Gasteiger partial charge in [0.2, 0.25) is 5.91 Å². The fourth-order valence-corrected chi connectivity index (χ4v) is 4.01. The summed E-state index contributed by atoms with van der Waals surface area (Å²) in [6.07, 6.45) is 0.0385. The van der Waals surface area contributed by atoms with Gasteiger partial charge in [0.15, 0.2) is 0 Å². The minimum Gasteiger partial charge on any atom is -0.367 e. The Bertz CT molecular complexity index is 425. The Kier molecular flexibility index (Phi) is 3.90. The van der Waals surface area contributed by atoms with Crippen LogP contribution < -0.4 is 5.73 Å². The first-order chi connectivity index (χ1) is 8.41. The zero-order valence-electron chi connectivity index (χ0n) is 10.4. The van der Waals surface area contributed by atoms with Crippen LogP contribution in [0.5, 0.6) is 0 Å². The predicted molar refractivity (Wildman–Crippen MR) is 64.8 cm³/mol. The molecular weight excluding hydrogens is 258 g/mol. The quantitative estimate of drug-likeness (QED) is 0.698. The maximum atomic E-state index is 12.3. The molecule has 2 saturated heterocycles. The summed E-state index contributed by atoms with van der Waals surface area (Å²) in [5, 5.41) is 0. The van der Waals surface area contributed by atoms with E-state index >= 15 is 0 Å². The highest BCUT2D eigenvalue weighted by atomic mass is 32.2. The van der Waals surface area contributed by atoms with Gasteiger partial charge in [0.1, 0.15) is 6.10 Å². The fraction of sp³-hybridized carbons (Fsp3) is 0.900. The SMILES string of the molecule is C[C@@H]1CCN(S(=O)(=O)N2CCO[C@H](C(N)=O)C2)C1. The Labute approximate surface area is 107 Å². The van der Waals surface area contributed by atoms with Crippen molar-refractivity contribution in [3.05, 3.63) is 0 Å². The Morgan fingerprint density at radius 1 is 1.28 bits per heavy atom. The number of morpholine rings is 1. The molecular formula is C10H19N3O4S. The summed E-state index contributed by atoms with van der Waals surface area (Å²) in [7, 11) is -3.48. The van der Waals surface area contributed by atoms with Gasteiger partial charge in [-0.3, -0.25) is 4.79 Å². The number of amides is 1. The van der Waals surface area contributed by atoms with Gasteiger partial charge in [-0.2, -0.15) is 17.0 Å². The average molecular weight is 277 g/mol. The lowest BCUT2D eigenvalue weighted by atomic mass is 10.2. The van der Waals surface area contributed by atoms with Crippen molar-refractivity contribution in [3.63, 3.8) is 0 Å². The first-order valence-corrected chi connectivity index (χ1v) is 7.47. The van der Waals surface area contributed by atoms with Crippen molar-refractivity contribution >= 4 is 16.1 Å². The molecule has 2 N–H and O–H groups in total. The second-order valence-electron chi connectivity index (χ2n) is 4.88. The van der Waals surface area contributed by atoms with Gasteiger partial charge in [-0.25, -0.2) is 0 Å². The van der Waals surface area contributed by atoms with Crippen LogP contribution >= 0.6 is 0 Å². The third kappa shape index (κ3) is 2.66. The minimum atomic E-state index is -3.48. The van der Waals surface area contributed by atoms with Crippen LogP contribution in [0, 0.1) is 5.92 Å². The van der Waals surface area contributed by atoms with Gasteiger partial charge in [0.05, 0.1) is 13.2 Å². The van der Waals surface area contributed by atoms with Crippen LogP contribution in [-0.4, -0.2) is 61.8 Å². The van der Waals surface area contributed by atoms with E-state index in [1.165, 1.54) is 8.61 Å². The first-order valence-electron chi connectivity index (χ1n) is 6.07. The zero-order chi connectivity index (χ0) is 13.3. The van der Waals surface area contributed by atoms with Crippen molar-refractivity contribution in [1.82, 2.24) is 8.61 Å². The summed E-state index contributed by atoms with van der Waals surface area (Å²) in [5.74, 6) is -0.238. The van der Waals surface area contributed by atoms with E-state index in [2.05, 4.69) is 0 Å². The Morgan fingerprint density at radius 3 is 2.50 bits per heavy atom. The Balaban J connectivity index is 2.07. The molecule has 2 rings (SSSR count). The van der Waals surface area contributed by atoms with Crippen molar-refractivity contribution in [2.24, 2.45) is 11.7 Å². The third-order valence-corrected chi connectivity index (χ3v) is 5.35. The molecule has 0 aliphatic carbocycles. The number of carbonyl (C=O) groups excluding carboxylic acids is 1. The van der Waals surface area contributed by atoms with Crippen LogP contribution in [0.4, 0.5) is 0 Å². The van der Waals surface area contributed by atoms with Crippen molar-refractivity contribution in [2.45, 2.75) is 19.4 Å². The Hall–Kier alpha value is -0.700. The van der Waals surface area contributed by atoms with E-state index in [-0.39, 0.29) is 19.7 Å². The van der Waals surface area contributed by atoms with E-state index < -0.39 is 22.2 Å². The molecule has 0 unspecified atom stereocenters. The lowest BCUT2D eigenvalue weighted by Crippen LogP contribution is -2.53. The first kappa shape index (κ1) is 13.7. The van der Waals surface area contributed by atoms with Gasteiger partial charge in [0, 0.05) is 19.6 Å². The highest BCUT2D eigenvalue weighted by molar-refractivity contribution is 7.86. The molecule has 2 aliphatic heterocycles. The van der Waals surface area contributed by atoms with Crippen LogP contribution in [0.2, 0.25) is 0 Å². The molecule has 0 aromatic heterocycles. The molecule has 0 aromatic carbocycles. The molecule has 0 bridgehead atoms. The number of primary amides is 1. The molecule has 2 heterocycles. The molecule has 2 fully saturated rings. The average Bonchev–Trinajstić information content (AvgIpc) is 2.77. The minimum absolute atomic E-state index is 0.0164. The lowest BCUT2D eigenvalue weighted by Gasteiger charge is -2.33. The van der Waals surface area contributed by atoms with E-state index in [1.807, 2.05) is 6.92 Å². The highest BCUT2D eigenvalue weighted by Crippen LogP contribution is 2.22. The van der Waals surface area contributed by atoms with Crippen LogP contribution in [0.3, 0.4) is 0 Å². The summed E-state index contributed by atoms with van der Waals surface area (Å²) >= 11 is 0. The summed E-state index contributed by atoms with van der Waals surface area (Å²) in [6, 6.07) is 0. The van der Waals surface area contributed by atoms with Gasteiger partial charge >= 0.3 is 0 Å². The molecule has 0 aromatic rings. The maximum Gasteiger partial charge on any atom is 0.282 e. The van der Waals surface area contributed by atoms with Crippen molar-refractivity contribution < 1.29 is 17.9 Å². The third-order valence-electron chi connectivity index (χ3n) is 3.39. The number of rotatable bonds is 3. The summed E-state index contributed by atoms with van der Waals surface area (Å²) in [5.41, 5.74) is 5.15. The number of ether oxygens (including phenoxy) is 1. The largest absolute Gasteiger partial charge is 0.367 e. The van der Waals surface area contributed by atoms with Crippen molar-refractivity contribution in [3.8, 4) is 0 Å². The standard InChI is InChI=1S/C10H19N3O4S/c1-8-2-3-12(6-8)18(15,16)13-4-5-17-9(7-13)10(11)14/h8-9H,2-7H2,1H3,(H2,11,14)/t8-,9+/m1/s1. The second kappa shape index (κ2) is 5.12. The normalized spacial score (nSPS) is 31.6. The van der Waals surface area contributed by atoms with Crippen LogP contribution in [0.1, 0.15) is 13.3 Å². The van der Waals surface area contributed by atoms with E-state index in [0.717, 1.165) is 6.42 Å². The molecule has 1 amide bonds. The highest BCUT2D eigenvalue weighted by Gasteiger charge is 2.38. The predicted octanol–water partition coefficient (Wildman–Crippen LogP) is -1.24.